The van der Waals surface area contributed by atoms with Gasteiger partial charge >= 0.3 is 5.97 Å². The smallest absolute Gasteiger partial charge is 0.305 e. The lowest BCUT2D eigenvalue weighted by atomic mass is 10.0. The second-order valence-electron chi connectivity index (χ2n) is 18.9. The fourth-order valence-corrected chi connectivity index (χ4v) is 8.44. The van der Waals surface area contributed by atoms with E-state index in [0.717, 1.165) is 44.9 Å². The Bertz CT molecular complexity index is 966. The van der Waals surface area contributed by atoms with Crippen molar-refractivity contribution in [1.82, 2.24) is 5.32 Å². The van der Waals surface area contributed by atoms with Gasteiger partial charge in [0.05, 0.1) is 25.4 Å². The lowest BCUT2D eigenvalue weighted by Gasteiger charge is -2.22. The van der Waals surface area contributed by atoms with Crippen LogP contribution in [0.15, 0.2) is 24.3 Å². The number of hydrogen-bond donors (Lipinski definition) is 3. The van der Waals surface area contributed by atoms with Crippen LogP contribution in [0.1, 0.15) is 296 Å². The quantitative estimate of drug-likeness (QED) is 0.0321. The first kappa shape index (κ1) is 60.3. The molecule has 2 atom stereocenters. The molecule has 62 heavy (non-hydrogen) atoms. The molecule has 0 saturated carbocycles. The largest absolute Gasteiger partial charge is 0.466 e. The maximum Gasteiger partial charge on any atom is 0.305 e. The zero-order valence-corrected chi connectivity index (χ0v) is 41.6. The van der Waals surface area contributed by atoms with Gasteiger partial charge in [-0.05, 0) is 70.6 Å². The zero-order valence-electron chi connectivity index (χ0n) is 41.6. The van der Waals surface area contributed by atoms with Gasteiger partial charge in [-0.25, -0.2) is 0 Å². The molecule has 0 rings (SSSR count). The van der Waals surface area contributed by atoms with E-state index >= 15 is 0 Å². The number of allylic oxidation sites excluding steroid dienone is 4. The van der Waals surface area contributed by atoms with Gasteiger partial charge in [-0.3, -0.25) is 9.59 Å². The van der Waals surface area contributed by atoms with Gasteiger partial charge in [-0.15, -0.1) is 0 Å². The molecule has 0 bridgehead atoms. The molecule has 0 saturated heterocycles. The second kappa shape index (κ2) is 52.0. The standard InChI is InChI=1S/C56H107NO5/c1-3-5-7-9-11-13-15-25-29-32-36-40-44-48-54(59)53(52-58)57-55(60)49-45-41-37-33-30-26-23-21-19-17-16-18-20-22-24-27-31-35-39-43-47-51-62-56(61)50-46-42-38-34-28-14-12-10-8-6-4-2/h10,12,17,19,53-54,58-59H,3-9,11,13-16,18,20-52H2,1-2H3,(H,57,60)/b12-10-,19-17-. The fraction of sp³-hybridized carbons (Fsp3) is 0.893. The van der Waals surface area contributed by atoms with Crippen LogP contribution in [-0.2, 0) is 14.3 Å². The third kappa shape index (κ3) is 47.8. The molecule has 0 aromatic carbocycles. The summed E-state index contributed by atoms with van der Waals surface area (Å²) in [5.41, 5.74) is 0. The van der Waals surface area contributed by atoms with Crippen LogP contribution in [0.25, 0.3) is 0 Å². The lowest BCUT2D eigenvalue weighted by Crippen LogP contribution is -2.45. The highest BCUT2D eigenvalue weighted by Crippen LogP contribution is 2.16. The molecule has 0 heterocycles. The Kier molecular flexibility index (Phi) is 50.6. The predicted octanol–water partition coefficient (Wildman–Crippen LogP) is 16.7. The summed E-state index contributed by atoms with van der Waals surface area (Å²) in [4.78, 5) is 24.4. The van der Waals surface area contributed by atoms with Crippen molar-refractivity contribution in [3.63, 3.8) is 0 Å². The number of esters is 1. The molecular formula is C56H107NO5. The van der Waals surface area contributed by atoms with Crippen LogP contribution in [0.2, 0.25) is 0 Å². The van der Waals surface area contributed by atoms with E-state index in [-0.39, 0.29) is 18.5 Å². The van der Waals surface area contributed by atoms with Crippen LogP contribution in [0.5, 0.6) is 0 Å². The second-order valence-corrected chi connectivity index (χ2v) is 18.9. The number of rotatable bonds is 51. The Morgan fingerprint density at radius 3 is 1.19 bits per heavy atom. The maximum absolute atomic E-state index is 12.4. The van der Waals surface area contributed by atoms with Crippen LogP contribution < -0.4 is 5.32 Å². The minimum Gasteiger partial charge on any atom is -0.466 e. The number of unbranched alkanes of at least 4 members (excludes halogenated alkanes) is 36. The highest BCUT2D eigenvalue weighted by molar-refractivity contribution is 5.76. The van der Waals surface area contributed by atoms with Crippen molar-refractivity contribution in [2.45, 2.75) is 309 Å². The number of ether oxygens (including phenoxy) is 1. The minimum absolute atomic E-state index is 0.00304. The predicted molar refractivity (Wildman–Crippen MR) is 269 cm³/mol. The van der Waals surface area contributed by atoms with Crippen molar-refractivity contribution >= 4 is 11.9 Å². The normalized spacial score (nSPS) is 12.8. The van der Waals surface area contributed by atoms with Crippen LogP contribution >= 0.6 is 0 Å². The third-order valence-electron chi connectivity index (χ3n) is 12.7. The van der Waals surface area contributed by atoms with Gasteiger partial charge in [0.2, 0.25) is 5.91 Å². The van der Waals surface area contributed by atoms with E-state index in [1.165, 1.54) is 218 Å². The number of amides is 1. The molecule has 0 aromatic heterocycles. The molecule has 0 aliphatic carbocycles. The highest BCUT2D eigenvalue weighted by Gasteiger charge is 2.20. The molecule has 0 aliphatic heterocycles. The highest BCUT2D eigenvalue weighted by atomic mass is 16.5. The number of aliphatic hydroxyl groups is 2. The lowest BCUT2D eigenvalue weighted by molar-refractivity contribution is -0.143. The number of carbonyl (C=O) groups is 2. The summed E-state index contributed by atoms with van der Waals surface area (Å²) in [7, 11) is 0. The van der Waals surface area contributed by atoms with Crippen molar-refractivity contribution in [3.05, 3.63) is 24.3 Å². The van der Waals surface area contributed by atoms with Gasteiger partial charge in [-0.2, -0.15) is 0 Å². The van der Waals surface area contributed by atoms with Crippen molar-refractivity contribution in [2.24, 2.45) is 0 Å². The Morgan fingerprint density at radius 1 is 0.435 bits per heavy atom. The SMILES string of the molecule is CCCC/C=C\CCCCCCCC(=O)OCCCCCCCCCCCC/C=C\CCCCCCCCCC(=O)NC(CO)C(O)CCCCCCCCCCCCCCC. The topological polar surface area (TPSA) is 95.9 Å². The van der Waals surface area contributed by atoms with Gasteiger partial charge in [0.25, 0.3) is 0 Å². The number of hydrogen-bond acceptors (Lipinski definition) is 5. The van der Waals surface area contributed by atoms with E-state index in [0.29, 0.717) is 25.9 Å². The summed E-state index contributed by atoms with van der Waals surface area (Å²) < 4.78 is 5.45. The van der Waals surface area contributed by atoms with Gasteiger partial charge in [0.15, 0.2) is 0 Å². The van der Waals surface area contributed by atoms with Crippen molar-refractivity contribution in [1.29, 1.82) is 0 Å². The van der Waals surface area contributed by atoms with Gasteiger partial charge in [-0.1, -0.05) is 237 Å². The van der Waals surface area contributed by atoms with Crippen LogP contribution in [0.3, 0.4) is 0 Å². The van der Waals surface area contributed by atoms with Crippen LogP contribution in [0, 0.1) is 0 Å². The van der Waals surface area contributed by atoms with Crippen LogP contribution in [0.4, 0.5) is 0 Å². The van der Waals surface area contributed by atoms with Crippen molar-refractivity contribution in [3.8, 4) is 0 Å². The summed E-state index contributed by atoms with van der Waals surface area (Å²) in [6, 6.07) is -0.546. The summed E-state index contributed by atoms with van der Waals surface area (Å²) in [5.74, 6) is -0.0457. The van der Waals surface area contributed by atoms with Crippen LogP contribution in [-0.4, -0.2) is 47.4 Å². The average molecular weight is 874 g/mol. The van der Waals surface area contributed by atoms with E-state index in [2.05, 4.69) is 43.5 Å². The molecule has 0 aliphatic rings. The number of nitrogens with one attached hydrogen (secondary N) is 1. The molecule has 1 amide bonds. The Labute approximate surface area is 386 Å². The Balaban J connectivity index is 3.43. The van der Waals surface area contributed by atoms with E-state index in [4.69, 9.17) is 4.74 Å². The van der Waals surface area contributed by atoms with Gasteiger partial charge in [0, 0.05) is 12.8 Å². The van der Waals surface area contributed by atoms with Gasteiger partial charge in [0.1, 0.15) is 0 Å². The maximum atomic E-state index is 12.4. The monoisotopic (exact) mass is 874 g/mol. The minimum atomic E-state index is -0.668. The summed E-state index contributed by atoms with van der Waals surface area (Å²) in [6.07, 6.45) is 61.6. The molecular weight excluding hydrogens is 767 g/mol. The summed E-state index contributed by atoms with van der Waals surface area (Å²) >= 11 is 0. The molecule has 366 valence electrons. The molecule has 0 fully saturated rings. The first-order valence-electron chi connectivity index (χ1n) is 27.6. The molecule has 2 unspecified atom stereocenters. The Hall–Kier alpha value is -1.66. The zero-order chi connectivity index (χ0) is 45.1. The Morgan fingerprint density at radius 2 is 0.774 bits per heavy atom. The summed E-state index contributed by atoms with van der Waals surface area (Å²) in [6.45, 7) is 4.91. The molecule has 6 heteroatoms. The third-order valence-corrected chi connectivity index (χ3v) is 12.7. The average Bonchev–Trinajstić information content (AvgIpc) is 3.27. The van der Waals surface area contributed by atoms with Crippen molar-refractivity contribution in [2.75, 3.05) is 13.2 Å². The molecule has 0 radical (unpaired) electrons. The van der Waals surface area contributed by atoms with E-state index in [1.54, 1.807) is 0 Å². The number of carbonyl (C=O) groups excluding carboxylic acids is 2. The first-order chi connectivity index (χ1) is 30.5. The molecule has 0 aromatic rings. The van der Waals surface area contributed by atoms with E-state index in [1.807, 2.05) is 0 Å². The molecule has 0 spiro atoms. The van der Waals surface area contributed by atoms with Crippen molar-refractivity contribution < 1.29 is 24.5 Å². The summed E-state index contributed by atoms with van der Waals surface area (Å²) in [5, 5.41) is 23.2. The van der Waals surface area contributed by atoms with Gasteiger partial charge < -0.3 is 20.3 Å². The van der Waals surface area contributed by atoms with E-state index in [9.17, 15) is 19.8 Å². The number of aliphatic hydroxyl groups excluding tert-OH is 2. The molecule has 6 nitrogen and oxygen atoms in total. The first-order valence-corrected chi connectivity index (χ1v) is 27.6. The molecule has 3 N–H and O–H groups in total. The van der Waals surface area contributed by atoms with E-state index < -0.39 is 12.1 Å². The fourth-order valence-electron chi connectivity index (χ4n) is 8.44.